The second kappa shape index (κ2) is 7.54. The van der Waals surface area contributed by atoms with Gasteiger partial charge in [0, 0.05) is 12.6 Å². The topological polar surface area (TPSA) is 61.6 Å². The van der Waals surface area contributed by atoms with Crippen molar-refractivity contribution in [2.75, 3.05) is 33.7 Å². The molecule has 21 heavy (non-hydrogen) atoms. The summed E-state index contributed by atoms with van der Waals surface area (Å²) in [6, 6.07) is 10.5. The number of piperidine rings is 1. The van der Waals surface area contributed by atoms with Crippen molar-refractivity contribution in [1.82, 2.24) is 15.2 Å². The van der Waals surface area contributed by atoms with Gasteiger partial charge in [-0.1, -0.05) is 30.3 Å². The van der Waals surface area contributed by atoms with Crippen molar-refractivity contribution in [2.45, 2.75) is 24.8 Å². The maximum absolute atomic E-state index is 12.1. The molecule has 1 aliphatic heterocycles. The zero-order valence-corrected chi connectivity index (χ0v) is 13.0. The molecule has 116 valence electrons. The molecule has 3 N–H and O–H groups in total. The summed E-state index contributed by atoms with van der Waals surface area (Å²) in [5, 5.41) is 0. The zero-order chi connectivity index (χ0) is 15.2. The molecule has 1 heterocycles. The van der Waals surface area contributed by atoms with Gasteiger partial charge in [0.1, 0.15) is 0 Å². The van der Waals surface area contributed by atoms with Crippen molar-refractivity contribution in [3.8, 4) is 0 Å². The molecule has 0 saturated carbocycles. The Morgan fingerprint density at radius 1 is 1.33 bits per heavy atom. The first-order valence-corrected chi connectivity index (χ1v) is 7.56. The van der Waals surface area contributed by atoms with E-state index < -0.39 is 0 Å². The van der Waals surface area contributed by atoms with Crippen molar-refractivity contribution >= 4 is 5.91 Å². The van der Waals surface area contributed by atoms with Crippen molar-refractivity contribution in [2.24, 2.45) is 5.84 Å². The molecule has 1 atom stereocenters. The third-order valence-electron chi connectivity index (χ3n) is 4.39. The summed E-state index contributed by atoms with van der Waals surface area (Å²) in [4.78, 5) is 16.7. The third-order valence-corrected chi connectivity index (χ3v) is 4.39. The summed E-state index contributed by atoms with van der Waals surface area (Å²) in [5.74, 6) is 5.04. The summed E-state index contributed by atoms with van der Waals surface area (Å²) in [5.41, 5.74) is 3.33. The minimum atomic E-state index is -0.202. The number of nitrogens with one attached hydrogen (secondary N) is 1. The van der Waals surface area contributed by atoms with Crippen LogP contribution in [-0.4, -0.2) is 55.5 Å². The Labute approximate surface area is 127 Å². The normalized spacial score (nSPS) is 18.7. The molecule has 2 rings (SSSR count). The van der Waals surface area contributed by atoms with Crippen molar-refractivity contribution < 1.29 is 4.79 Å². The molecule has 1 amide bonds. The number of amides is 1. The average Bonchev–Trinajstić information content (AvgIpc) is 2.53. The molecule has 0 bridgehead atoms. The lowest BCUT2D eigenvalue weighted by atomic mass is 9.96. The molecule has 1 unspecified atom stereocenters. The number of hydrogen-bond acceptors (Lipinski definition) is 4. The Hall–Kier alpha value is -1.43. The van der Waals surface area contributed by atoms with E-state index in [2.05, 4.69) is 29.3 Å². The highest BCUT2D eigenvalue weighted by molar-refractivity contribution is 5.83. The van der Waals surface area contributed by atoms with E-state index in [4.69, 9.17) is 5.84 Å². The number of hydrogen-bond donors (Lipinski definition) is 2. The number of rotatable bonds is 5. The van der Waals surface area contributed by atoms with Crippen molar-refractivity contribution in [3.05, 3.63) is 35.9 Å². The van der Waals surface area contributed by atoms with Gasteiger partial charge >= 0.3 is 0 Å². The maximum atomic E-state index is 12.1. The van der Waals surface area contributed by atoms with Gasteiger partial charge in [-0.05, 0) is 45.6 Å². The van der Waals surface area contributed by atoms with E-state index >= 15 is 0 Å². The van der Waals surface area contributed by atoms with Crippen LogP contribution in [0.5, 0.6) is 0 Å². The van der Waals surface area contributed by atoms with Crippen molar-refractivity contribution in [1.29, 1.82) is 0 Å². The van der Waals surface area contributed by atoms with Crippen LogP contribution in [-0.2, 0) is 4.79 Å². The number of benzene rings is 1. The number of carbonyl (C=O) groups is 1. The Morgan fingerprint density at radius 2 is 1.95 bits per heavy atom. The first kappa shape index (κ1) is 15.9. The Bertz CT molecular complexity index is 441. The molecule has 0 spiro atoms. The van der Waals surface area contributed by atoms with E-state index in [0.29, 0.717) is 6.04 Å². The summed E-state index contributed by atoms with van der Waals surface area (Å²) in [6.07, 6.45) is 2.30. The van der Waals surface area contributed by atoms with Gasteiger partial charge in [0.05, 0.1) is 5.92 Å². The quantitative estimate of drug-likeness (QED) is 0.478. The monoisotopic (exact) mass is 290 g/mol. The number of nitrogens with two attached hydrogens (primary N) is 1. The predicted molar refractivity (Wildman–Crippen MR) is 84.7 cm³/mol. The number of nitrogens with zero attached hydrogens (tertiary/aromatic N) is 2. The molecule has 1 aromatic rings. The predicted octanol–water partition coefficient (Wildman–Crippen LogP) is 0.786. The molecule has 1 fully saturated rings. The lowest BCUT2D eigenvalue weighted by Crippen LogP contribution is -2.46. The fraction of sp³-hybridized carbons (Fsp3) is 0.562. The third kappa shape index (κ3) is 4.27. The number of hydrazine groups is 1. The molecule has 0 aliphatic carbocycles. The summed E-state index contributed by atoms with van der Waals surface area (Å²) < 4.78 is 0. The first-order valence-electron chi connectivity index (χ1n) is 7.56. The summed E-state index contributed by atoms with van der Waals surface area (Å²) >= 11 is 0. The minimum absolute atomic E-state index is 0.115. The summed E-state index contributed by atoms with van der Waals surface area (Å²) in [6.45, 7) is 2.79. The van der Waals surface area contributed by atoms with E-state index in [-0.39, 0.29) is 11.8 Å². The van der Waals surface area contributed by atoms with Crippen LogP contribution >= 0.6 is 0 Å². The van der Waals surface area contributed by atoms with Crippen LogP contribution in [0.4, 0.5) is 0 Å². The molecule has 5 heteroatoms. The van der Waals surface area contributed by atoms with Gasteiger partial charge < -0.3 is 9.80 Å². The smallest absolute Gasteiger partial charge is 0.242 e. The van der Waals surface area contributed by atoms with E-state index in [1.807, 2.05) is 30.3 Å². The Morgan fingerprint density at radius 3 is 2.48 bits per heavy atom. The van der Waals surface area contributed by atoms with Crippen LogP contribution in [0.25, 0.3) is 0 Å². The first-order chi connectivity index (χ1) is 10.1. The molecule has 1 aromatic carbocycles. The van der Waals surface area contributed by atoms with Crippen LogP contribution in [0, 0.1) is 0 Å². The van der Waals surface area contributed by atoms with Crippen molar-refractivity contribution in [3.63, 3.8) is 0 Å². The van der Waals surface area contributed by atoms with E-state index in [1.54, 1.807) is 0 Å². The second-order valence-electron chi connectivity index (χ2n) is 5.97. The van der Waals surface area contributed by atoms with Gasteiger partial charge in [-0.2, -0.15) is 0 Å². The molecule has 0 radical (unpaired) electrons. The van der Waals surface area contributed by atoms with Gasteiger partial charge in [0.2, 0.25) is 5.91 Å². The minimum Gasteiger partial charge on any atom is -0.306 e. The van der Waals surface area contributed by atoms with Crippen LogP contribution in [0.1, 0.15) is 24.3 Å². The second-order valence-corrected chi connectivity index (χ2v) is 5.97. The maximum Gasteiger partial charge on any atom is 0.242 e. The number of carbonyl (C=O) groups excluding carboxylic acids is 1. The van der Waals surface area contributed by atoms with Gasteiger partial charge in [0.25, 0.3) is 0 Å². The highest BCUT2D eigenvalue weighted by Crippen LogP contribution is 2.21. The highest BCUT2D eigenvalue weighted by Gasteiger charge is 2.26. The van der Waals surface area contributed by atoms with Gasteiger partial charge in [0.15, 0.2) is 0 Å². The zero-order valence-electron chi connectivity index (χ0n) is 13.0. The van der Waals surface area contributed by atoms with Crippen LogP contribution in [0.15, 0.2) is 30.3 Å². The molecule has 1 aliphatic rings. The molecule has 5 nitrogen and oxygen atoms in total. The standard InChI is InChI=1S/C16H26N4O/c1-19(2)14-8-10-20(11-9-14)12-15(16(21)18-17)13-6-4-3-5-7-13/h3-7,14-15H,8-12,17H2,1-2H3,(H,18,21). The Kier molecular flexibility index (Phi) is 5.73. The van der Waals surface area contributed by atoms with Crippen LogP contribution in [0.2, 0.25) is 0 Å². The van der Waals surface area contributed by atoms with Gasteiger partial charge in [-0.25, -0.2) is 5.84 Å². The van der Waals surface area contributed by atoms with Gasteiger partial charge in [-0.15, -0.1) is 0 Å². The largest absolute Gasteiger partial charge is 0.306 e. The van der Waals surface area contributed by atoms with E-state index in [1.165, 1.54) is 0 Å². The molecular weight excluding hydrogens is 264 g/mol. The van der Waals surface area contributed by atoms with E-state index in [9.17, 15) is 4.79 Å². The Balaban J connectivity index is 1.99. The molecular formula is C16H26N4O. The SMILES string of the molecule is CN(C)C1CCN(CC(C(=O)NN)c2ccccc2)CC1. The molecule has 1 saturated heterocycles. The van der Waals surface area contributed by atoms with E-state index in [0.717, 1.165) is 38.0 Å². The fourth-order valence-electron chi connectivity index (χ4n) is 3.00. The average molecular weight is 290 g/mol. The lowest BCUT2D eigenvalue weighted by molar-refractivity contribution is -0.123. The van der Waals surface area contributed by atoms with Gasteiger partial charge in [-0.3, -0.25) is 10.2 Å². The summed E-state index contributed by atoms with van der Waals surface area (Å²) in [7, 11) is 4.27. The fourth-order valence-corrected chi connectivity index (χ4v) is 3.00. The molecule has 0 aromatic heterocycles. The lowest BCUT2D eigenvalue weighted by Gasteiger charge is -2.36. The van der Waals surface area contributed by atoms with Crippen LogP contribution < -0.4 is 11.3 Å². The van der Waals surface area contributed by atoms with Crippen LogP contribution in [0.3, 0.4) is 0 Å². The number of likely N-dealkylation sites (tertiary alicyclic amines) is 1. The highest BCUT2D eigenvalue weighted by atomic mass is 16.2.